The summed E-state index contributed by atoms with van der Waals surface area (Å²) in [6, 6.07) is 5.19. The summed E-state index contributed by atoms with van der Waals surface area (Å²) in [7, 11) is 0. The summed E-state index contributed by atoms with van der Waals surface area (Å²) in [6.07, 6.45) is 5.04. The minimum absolute atomic E-state index is 0.420. The molecule has 1 aromatic carbocycles. The molecule has 3 nitrogen and oxygen atoms in total. The van der Waals surface area contributed by atoms with Crippen LogP contribution in [-0.2, 0) is 6.42 Å². The van der Waals surface area contributed by atoms with Crippen LogP contribution in [0.3, 0.4) is 0 Å². The minimum atomic E-state index is -0.420. The average molecular weight is 286 g/mol. The van der Waals surface area contributed by atoms with Gasteiger partial charge in [0.05, 0.1) is 0 Å². The molecule has 0 bridgehead atoms. The third kappa shape index (κ3) is 5.46. The molecule has 0 aliphatic heterocycles. The van der Waals surface area contributed by atoms with Crippen molar-refractivity contribution in [2.75, 3.05) is 5.73 Å². The quantitative estimate of drug-likeness (QED) is 0.613. The van der Waals surface area contributed by atoms with Crippen molar-refractivity contribution in [2.24, 2.45) is 5.73 Å². The van der Waals surface area contributed by atoms with Crippen molar-refractivity contribution in [1.82, 2.24) is 0 Å². The Bertz CT molecular complexity index is 579. The molecular weight excluding hydrogens is 260 g/mol. The van der Waals surface area contributed by atoms with Crippen LogP contribution in [0.1, 0.15) is 56.5 Å². The molecule has 0 aliphatic carbocycles. The number of nitrogen functional groups attached to an aromatic ring is 1. The number of hydrogen-bond donors (Lipinski definition) is 2. The van der Waals surface area contributed by atoms with E-state index >= 15 is 0 Å². The lowest BCUT2D eigenvalue weighted by atomic mass is 10.0. The molecule has 1 rings (SSSR count). The predicted molar refractivity (Wildman–Crippen MR) is 90.1 cm³/mol. The van der Waals surface area contributed by atoms with Crippen molar-refractivity contribution in [1.29, 1.82) is 0 Å². The Labute approximate surface area is 127 Å². The third-order valence-corrected chi connectivity index (χ3v) is 3.85. The second-order valence-electron chi connectivity index (χ2n) is 5.81. The molecule has 114 valence electrons. The Hall–Kier alpha value is -2.03. The fourth-order valence-electron chi connectivity index (χ4n) is 1.96. The second kappa shape index (κ2) is 7.67. The predicted octanol–water partition coefficient (Wildman–Crippen LogP) is 3.99. The molecular formula is C18H26N2O. The molecule has 0 fully saturated rings. The van der Waals surface area contributed by atoms with Crippen molar-refractivity contribution >= 4 is 11.6 Å². The van der Waals surface area contributed by atoms with Crippen molar-refractivity contribution in [3.05, 3.63) is 52.1 Å². The number of primary amides is 1. The molecule has 0 aromatic heterocycles. The van der Waals surface area contributed by atoms with Gasteiger partial charge in [0.1, 0.15) is 0 Å². The second-order valence-corrected chi connectivity index (χ2v) is 5.81. The summed E-state index contributed by atoms with van der Waals surface area (Å²) in [4.78, 5) is 11.2. The summed E-state index contributed by atoms with van der Waals surface area (Å²) in [6.45, 7) is 8.60. The van der Waals surface area contributed by atoms with Gasteiger partial charge >= 0.3 is 0 Å². The Morgan fingerprint density at radius 1 is 1.14 bits per heavy atom. The average Bonchev–Trinajstić information content (AvgIpc) is 2.43. The van der Waals surface area contributed by atoms with Crippen LogP contribution >= 0.6 is 0 Å². The molecule has 0 heterocycles. The monoisotopic (exact) mass is 286 g/mol. The summed E-state index contributed by atoms with van der Waals surface area (Å²) >= 11 is 0. The van der Waals surface area contributed by atoms with E-state index in [-0.39, 0.29) is 0 Å². The Morgan fingerprint density at radius 3 is 2.38 bits per heavy atom. The first-order valence-corrected chi connectivity index (χ1v) is 7.28. The zero-order valence-electron chi connectivity index (χ0n) is 13.5. The van der Waals surface area contributed by atoms with E-state index in [2.05, 4.69) is 33.8 Å². The number of nitrogens with two attached hydrogens (primary N) is 2. The number of anilines is 1. The number of carbonyl (C=O) groups is 1. The highest BCUT2D eigenvalue weighted by atomic mass is 16.1. The van der Waals surface area contributed by atoms with Crippen molar-refractivity contribution < 1.29 is 4.79 Å². The van der Waals surface area contributed by atoms with Gasteiger partial charge in [-0.15, -0.1) is 0 Å². The largest absolute Gasteiger partial charge is 0.398 e. The van der Waals surface area contributed by atoms with Crippen LogP contribution in [0.15, 0.2) is 41.0 Å². The normalized spacial score (nSPS) is 11.3. The van der Waals surface area contributed by atoms with E-state index in [1.165, 1.54) is 16.7 Å². The van der Waals surface area contributed by atoms with Crippen molar-refractivity contribution in [3.63, 3.8) is 0 Å². The van der Waals surface area contributed by atoms with Crippen molar-refractivity contribution in [3.8, 4) is 0 Å². The summed E-state index contributed by atoms with van der Waals surface area (Å²) < 4.78 is 0. The topological polar surface area (TPSA) is 69.1 Å². The maximum atomic E-state index is 11.2. The van der Waals surface area contributed by atoms with Gasteiger partial charge in [0, 0.05) is 11.3 Å². The zero-order valence-corrected chi connectivity index (χ0v) is 13.5. The molecule has 0 atom stereocenters. The highest BCUT2D eigenvalue weighted by Crippen LogP contribution is 2.18. The molecule has 4 N–H and O–H groups in total. The standard InChI is InChI=1S/C18H26N2O/c1-12(2)14(4)7-5-13(3)6-8-15-11-16(18(20)21)9-10-17(15)19/h6,9-11H,5,7-8,19H2,1-4H3,(H2,20,21). The van der Waals surface area contributed by atoms with Gasteiger partial charge in [0.15, 0.2) is 0 Å². The van der Waals surface area contributed by atoms with E-state index < -0.39 is 5.91 Å². The van der Waals surface area contributed by atoms with Gasteiger partial charge in [-0.1, -0.05) is 22.8 Å². The van der Waals surface area contributed by atoms with E-state index in [1.54, 1.807) is 18.2 Å². The summed E-state index contributed by atoms with van der Waals surface area (Å²) in [5.41, 5.74) is 17.6. The van der Waals surface area contributed by atoms with Crippen LogP contribution in [0.5, 0.6) is 0 Å². The highest BCUT2D eigenvalue weighted by Gasteiger charge is 2.04. The zero-order chi connectivity index (χ0) is 16.0. The Kier molecular flexibility index (Phi) is 6.22. The van der Waals surface area contributed by atoms with Gasteiger partial charge in [-0.3, -0.25) is 4.79 Å². The maximum Gasteiger partial charge on any atom is 0.248 e. The molecule has 0 radical (unpaired) electrons. The summed E-state index contributed by atoms with van der Waals surface area (Å²) in [5, 5.41) is 0. The summed E-state index contributed by atoms with van der Waals surface area (Å²) in [5.74, 6) is -0.420. The lowest BCUT2D eigenvalue weighted by Gasteiger charge is -2.07. The lowest BCUT2D eigenvalue weighted by molar-refractivity contribution is 0.1000. The number of hydrogen-bond acceptors (Lipinski definition) is 2. The van der Waals surface area contributed by atoms with Crippen LogP contribution in [0.2, 0.25) is 0 Å². The van der Waals surface area contributed by atoms with Crippen LogP contribution in [0.25, 0.3) is 0 Å². The number of allylic oxidation sites excluding steroid dienone is 4. The van der Waals surface area contributed by atoms with Crippen LogP contribution in [0.4, 0.5) is 5.69 Å². The fourth-order valence-corrected chi connectivity index (χ4v) is 1.96. The number of amides is 1. The third-order valence-electron chi connectivity index (χ3n) is 3.85. The highest BCUT2D eigenvalue weighted by molar-refractivity contribution is 5.93. The first-order chi connectivity index (χ1) is 9.81. The number of benzene rings is 1. The maximum absolute atomic E-state index is 11.2. The SMILES string of the molecule is CC(=CCc1cc(C(N)=O)ccc1N)CCC(C)=C(C)C. The fraction of sp³-hybridized carbons (Fsp3) is 0.389. The molecule has 0 spiro atoms. The van der Waals surface area contributed by atoms with Crippen LogP contribution in [-0.4, -0.2) is 5.91 Å². The van der Waals surface area contributed by atoms with E-state index in [1.807, 2.05) is 0 Å². The molecule has 0 saturated carbocycles. The van der Waals surface area contributed by atoms with E-state index in [9.17, 15) is 4.79 Å². The van der Waals surface area contributed by atoms with Gasteiger partial charge in [-0.25, -0.2) is 0 Å². The van der Waals surface area contributed by atoms with Crippen LogP contribution < -0.4 is 11.5 Å². The molecule has 3 heteroatoms. The smallest absolute Gasteiger partial charge is 0.248 e. The Morgan fingerprint density at radius 2 is 1.81 bits per heavy atom. The van der Waals surface area contributed by atoms with Gasteiger partial charge in [-0.2, -0.15) is 0 Å². The molecule has 0 aliphatic rings. The molecule has 0 unspecified atom stereocenters. The minimum Gasteiger partial charge on any atom is -0.398 e. The van der Waals surface area contributed by atoms with Crippen LogP contribution in [0, 0.1) is 0 Å². The van der Waals surface area contributed by atoms with E-state index in [4.69, 9.17) is 11.5 Å². The molecule has 1 aromatic rings. The Balaban J connectivity index is 2.73. The van der Waals surface area contributed by atoms with E-state index in [0.717, 1.165) is 24.8 Å². The van der Waals surface area contributed by atoms with Gasteiger partial charge in [0.2, 0.25) is 5.91 Å². The molecule has 0 saturated heterocycles. The first-order valence-electron chi connectivity index (χ1n) is 7.28. The van der Waals surface area contributed by atoms with Gasteiger partial charge in [-0.05, 0) is 70.7 Å². The number of carbonyl (C=O) groups excluding carboxylic acids is 1. The molecule has 21 heavy (non-hydrogen) atoms. The van der Waals surface area contributed by atoms with Crippen molar-refractivity contribution in [2.45, 2.75) is 47.0 Å². The van der Waals surface area contributed by atoms with Gasteiger partial charge in [0.25, 0.3) is 0 Å². The van der Waals surface area contributed by atoms with E-state index in [0.29, 0.717) is 11.3 Å². The van der Waals surface area contributed by atoms with Gasteiger partial charge < -0.3 is 11.5 Å². The lowest BCUT2D eigenvalue weighted by Crippen LogP contribution is -2.11. The molecule has 1 amide bonds. The first kappa shape index (κ1) is 17.0. The number of rotatable bonds is 6.